The van der Waals surface area contributed by atoms with Crippen molar-refractivity contribution < 1.29 is 0 Å². The molecule has 0 aromatic heterocycles. The van der Waals surface area contributed by atoms with Crippen LogP contribution in [0.1, 0.15) is 40.5 Å². The Hall–Kier alpha value is -0.0800. The van der Waals surface area contributed by atoms with E-state index < -0.39 is 0 Å². The lowest BCUT2D eigenvalue weighted by Crippen LogP contribution is -2.39. The predicted molar refractivity (Wildman–Crippen MR) is 57.6 cm³/mol. The van der Waals surface area contributed by atoms with Gasteiger partial charge in [0.2, 0.25) is 0 Å². The molecule has 3 N–H and O–H groups in total. The van der Waals surface area contributed by atoms with Crippen molar-refractivity contribution in [3.8, 4) is 0 Å². The summed E-state index contributed by atoms with van der Waals surface area (Å²) in [6, 6.07) is 0.511. The highest BCUT2D eigenvalue weighted by Gasteiger charge is 2.34. The number of nitrogens with two attached hydrogens (primary N) is 1. The second-order valence-corrected chi connectivity index (χ2v) is 6.02. The first kappa shape index (κ1) is 11.0. The lowest BCUT2D eigenvalue weighted by Gasteiger charge is -2.31. The Morgan fingerprint density at radius 3 is 2.38 bits per heavy atom. The highest BCUT2D eigenvalue weighted by molar-refractivity contribution is 4.89. The lowest BCUT2D eigenvalue weighted by atomic mass is 9.74. The Balaban J connectivity index is 2.69. The summed E-state index contributed by atoms with van der Waals surface area (Å²) < 4.78 is 0. The maximum Gasteiger partial charge on any atom is 0.0195 e. The summed E-state index contributed by atoms with van der Waals surface area (Å²) in [5, 5.41) is 3.55. The highest BCUT2D eigenvalue weighted by atomic mass is 15.0. The van der Waals surface area contributed by atoms with Gasteiger partial charge in [0.15, 0.2) is 0 Å². The largest absolute Gasteiger partial charge is 0.329 e. The van der Waals surface area contributed by atoms with E-state index in [0.717, 1.165) is 13.1 Å². The zero-order valence-electron chi connectivity index (χ0n) is 9.48. The van der Waals surface area contributed by atoms with Crippen LogP contribution in [0.4, 0.5) is 0 Å². The summed E-state index contributed by atoms with van der Waals surface area (Å²) in [6.07, 6.45) is 2.48. The van der Waals surface area contributed by atoms with E-state index in [0.29, 0.717) is 16.9 Å². The molecule has 1 fully saturated rings. The van der Waals surface area contributed by atoms with Gasteiger partial charge in [-0.3, -0.25) is 0 Å². The lowest BCUT2D eigenvalue weighted by molar-refractivity contribution is 0.209. The van der Waals surface area contributed by atoms with Crippen LogP contribution in [0, 0.1) is 10.8 Å². The zero-order valence-corrected chi connectivity index (χ0v) is 9.48. The van der Waals surface area contributed by atoms with Crippen molar-refractivity contribution in [3.63, 3.8) is 0 Å². The van der Waals surface area contributed by atoms with Crippen LogP contribution in [0.2, 0.25) is 0 Å². The maximum absolute atomic E-state index is 5.72. The van der Waals surface area contributed by atoms with Crippen molar-refractivity contribution in [2.75, 3.05) is 13.1 Å². The van der Waals surface area contributed by atoms with Gasteiger partial charge in [-0.15, -0.1) is 0 Å². The first-order valence-electron chi connectivity index (χ1n) is 5.28. The van der Waals surface area contributed by atoms with Gasteiger partial charge in [0.05, 0.1) is 0 Å². The van der Waals surface area contributed by atoms with E-state index in [4.69, 9.17) is 5.73 Å². The van der Waals surface area contributed by atoms with Crippen molar-refractivity contribution in [1.82, 2.24) is 5.32 Å². The third-order valence-corrected chi connectivity index (χ3v) is 2.91. The van der Waals surface area contributed by atoms with Gasteiger partial charge in [-0.2, -0.15) is 0 Å². The molecule has 0 bridgehead atoms. The predicted octanol–water partition coefficient (Wildman–Crippen LogP) is 1.75. The van der Waals surface area contributed by atoms with Gasteiger partial charge >= 0.3 is 0 Å². The second-order valence-electron chi connectivity index (χ2n) is 6.02. The van der Waals surface area contributed by atoms with Crippen molar-refractivity contribution in [2.24, 2.45) is 16.6 Å². The molecule has 0 unspecified atom stereocenters. The Morgan fingerprint density at radius 2 is 1.85 bits per heavy atom. The molecule has 0 radical (unpaired) electrons. The summed E-state index contributed by atoms with van der Waals surface area (Å²) in [5.74, 6) is 0. The summed E-state index contributed by atoms with van der Waals surface area (Å²) in [7, 11) is 0. The summed E-state index contributed by atoms with van der Waals surface area (Å²) in [5.41, 5.74) is 6.56. The topological polar surface area (TPSA) is 38.0 Å². The van der Waals surface area contributed by atoms with Crippen LogP contribution in [0.3, 0.4) is 0 Å². The smallest absolute Gasteiger partial charge is 0.0195 e. The Bertz CT molecular complexity index is 173. The highest BCUT2D eigenvalue weighted by Crippen LogP contribution is 2.38. The van der Waals surface area contributed by atoms with Crippen molar-refractivity contribution >= 4 is 0 Å². The molecule has 0 spiro atoms. The molecular weight excluding hydrogens is 160 g/mol. The minimum absolute atomic E-state index is 0.410. The molecule has 0 aliphatic carbocycles. The van der Waals surface area contributed by atoms with E-state index in [1.54, 1.807) is 0 Å². The molecule has 2 nitrogen and oxygen atoms in total. The van der Waals surface area contributed by atoms with Crippen LogP contribution in [0.25, 0.3) is 0 Å². The number of nitrogens with one attached hydrogen (secondary N) is 1. The SMILES string of the molecule is CC1(C)CN[C@H](CN)CC(C)(C)C1. The Morgan fingerprint density at radius 1 is 1.23 bits per heavy atom. The van der Waals surface area contributed by atoms with Gasteiger partial charge in [-0.25, -0.2) is 0 Å². The van der Waals surface area contributed by atoms with Crippen LogP contribution in [0.5, 0.6) is 0 Å². The van der Waals surface area contributed by atoms with Gasteiger partial charge in [0, 0.05) is 19.1 Å². The Labute approximate surface area is 82.3 Å². The monoisotopic (exact) mass is 184 g/mol. The van der Waals surface area contributed by atoms with Crippen molar-refractivity contribution in [1.29, 1.82) is 0 Å². The minimum atomic E-state index is 0.410. The summed E-state index contributed by atoms with van der Waals surface area (Å²) in [6.45, 7) is 11.2. The molecule has 1 rings (SSSR count). The van der Waals surface area contributed by atoms with E-state index in [2.05, 4.69) is 33.0 Å². The Kier molecular flexibility index (Phi) is 3.03. The van der Waals surface area contributed by atoms with Gasteiger partial charge < -0.3 is 11.1 Å². The third-order valence-electron chi connectivity index (χ3n) is 2.91. The van der Waals surface area contributed by atoms with E-state index in [-0.39, 0.29) is 0 Å². The first-order valence-corrected chi connectivity index (χ1v) is 5.28. The fraction of sp³-hybridized carbons (Fsp3) is 1.00. The van der Waals surface area contributed by atoms with Crippen LogP contribution in [-0.2, 0) is 0 Å². The van der Waals surface area contributed by atoms with Crippen molar-refractivity contribution in [3.05, 3.63) is 0 Å². The molecule has 13 heavy (non-hydrogen) atoms. The fourth-order valence-electron chi connectivity index (χ4n) is 2.76. The molecule has 1 atom stereocenters. The van der Waals surface area contributed by atoms with Gasteiger partial charge in [0.1, 0.15) is 0 Å². The number of rotatable bonds is 1. The third kappa shape index (κ3) is 3.28. The molecular formula is C11H24N2. The molecule has 0 aromatic carbocycles. The van der Waals surface area contributed by atoms with Gasteiger partial charge in [-0.05, 0) is 23.7 Å². The molecule has 2 heteroatoms. The molecule has 1 aliphatic rings. The van der Waals surface area contributed by atoms with E-state index in [1.165, 1.54) is 12.8 Å². The van der Waals surface area contributed by atoms with Crippen molar-refractivity contribution in [2.45, 2.75) is 46.6 Å². The van der Waals surface area contributed by atoms with Crippen LogP contribution < -0.4 is 11.1 Å². The molecule has 0 saturated carbocycles. The quantitative estimate of drug-likeness (QED) is 0.651. The first-order chi connectivity index (χ1) is 5.85. The summed E-state index contributed by atoms with van der Waals surface area (Å²) >= 11 is 0. The number of hydrogen-bond donors (Lipinski definition) is 2. The van der Waals surface area contributed by atoms with E-state index in [9.17, 15) is 0 Å². The standard InChI is InChI=1S/C11H24N2/c1-10(2)5-9(6-12)13-8-11(3,4)7-10/h9,13H,5-8,12H2,1-4H3/t9-/m0/s1. The zero-order chi connectivity index (χ0) is 10.1. The van der Waals surface area contributed by atoms with Gasteiger partial charge in [-0.1, -0.05) is 27.7 Å². The normalized spacial score (nSPS) is 32.5. The average molecular weight is 184 g/mol. The van der Waals surface area contributed by atoms with E-state index >= 15 is 0 Å². The molecule has 0 aromatic rings. The molecule has 78 valence electrons. The fourth-order valence-corrected chi connectivity index (χ4v) is 2.76. The second kappa shape index (κ2) is 3.58. The van der Waals surface area contributed by atoms with Crippen LogP contribution in [-0.4, -0.2) is 19.1 Å². The minimum Gasteiger partial charge on any atom is -0.329 e. The molecule has 1 heterocycles. The average Bonchev–Trinajstić information content (AvgIpc) is 2.04. The van der Waals surface area contributed by atoms with Crippen LogP contribution >= 0.6 is 0 Å². The number of hydrogen-bond acceptors (Lipinski definition) is 2. The van der Waals surface area contributed by atoms with E-state index in [1.807, 2.05) is 0 Å². The molecule has 0 amide bonds. The molecule has 1 aliphatic heterocycles. The maximum atomic E-state index is 5.72. The molecule has 1 saturated heterocycles. The summed E-state index contributed by atoms with van der Waals surface area (Å²) in [4.78, 5) is 0. The van der Waals surface area contributed by atoms with Gasteiger partial charge in [0.25, 0.3) is 0 Å². The van der Waals surface area contributed by atoms with Crippen LogP contribution in [0.15, 0.2) is 0 Å².